The lowest BCUT2D eigenvalue weighted by atomic mass is 9.55. The Labute approximate surface area is 66.8 Å². The Morgan fingerprint density at radius 3 is 1.50 bits per heavy atom. The Bertz CT molecular complexity index is 173. The fourth-order valence-electron chi connectivity index (χ4n) is 1.71. The quantitative estimate of drug-likeness (QED) is 0.499. The second kappa shape index (κ2) is 1.67. The molecule has 0 spiro atoms. The first-order valence-electron chi connectivity index (χ1n) is 3.41. The lowest BCUT2D eigenvalue weighted by molar-refractivity contribution is -0.134. The topological polar surface area (TPSA) is 17.1 Å². The molecule has 1 saturated carbocycles. The maximum Gasteiger partial charge on any atom is 0.153 e. The van der Waals surface area contributed by atoms with Crippen LogP contribution >= 0.6 is 12.2 Å². The zero-order chi connectivity index (χ0) is 8.15. The second-order valence-electron chi connectivity index (χ2n) is 3.91. The van der Waals surface area contributed by atoms with E-state index in [4.69, 9.17) is 12.2 Å². The minimum Gasteiger partial charge on any atom is -0.298 e. The van der Waals surface area contributed by atoms with Gasteiger partial charge in [0.15, 0.2) is 5.78 Å². The molecule has 0 aromatic heterocycles. The van der Waals surface area contributed by atoms with Crippen molar-refractivity contribution in [2.24, 2.45) is 10.8 Å². The number of hydrogen-bond acceptors (Lipinski definition) is 2. The molecule has 0 amide bonds. The maximum absolute atomic E-state index is 11.3. The molecule has 1 rings (SSSR count). The van der Waals surface area contributed by atoms with Crippen molar-refractivity contribution in [1.29, 1.82) is 0 Å². The molecule has 0 aliphatic heterocycles. The monoisotopic (exact) mass is 156 g/mol. The molecule has 0 aromatic carbocycles. The minimum absolute atomic E-state index is 0.269. The third kappa shape index (κ3) is 0.628. The number of thiocarbonyl (C=S) groups is 1. The molecule has 0 saturated heterocycles. The molecule has 10 heavy (non-hydrogen) atoms. The highest BCUT2D eigenvalue weighted by atomic mass is 32.1. The maximum atomic E-state index is 11.3. The predicted molar refractivity (Wildman–Crippen MR) is 45.2 cm³/mol. The zero-order valence-corrected chi connectivity index (χ0v) is 7.63. The van der Waals surface area contributed by atoms with Gasteiger partial charge in [-0.3, -0.25) is 4.79 Å². The number of carbonyl (C=O) groups is 1. The number of Topliss-reactive ketones (excluding diaryl/α,β-unsaturated/α-hetero) is 1. The van der Waals surface area contributed by atoms with Crippen LogP contribution < -0.4 is 0 Å². The molecule has 2 heteroatoms. The molecule has 1 fully saturated rings. The minimum atomic E-state index is -0.334. The van der Waals surface area contributed by atoms with E-state index in [-0.39, 0.29) is 16.6 Å². The van der Waals surface area contributed by atoms with Gasteiger partial charge in [0.1, 0.15) is 0 Å². The average molecular weight is 156 g/mol. The Morgan fingerprint density at radius 2 is 1.40 bits per heavy atom. The summed E-state index contributed by atoms with van der Waals surface area (Å²) < 4.78 is 0. The molecular weight excluding hydrogens is 144 g/mol. The fourth-order valence-corrected chi connectivity index (χ4v) is 1.89. The largest absolute Gasteiger partial charge is 0.298 e. The number of hydrogen-bond donors (Lipinski definition) is 0. The molecule has 1 nitrogen and oxygen atoms in total. The first-order valence-corrected chi connectivity index (χ1v) is 3.82. The van der Waals surface area contributed by atoms with Crippen molar-refractivity contribution in [3.05, 3.63) is 0 Å². The van der Waals surface area contributed by atoms with E-state index in [0.29, 0.717) is 0 Å². The van der Waals surface area contributed by atoms with Gasteiger partial charge >= 0.3 is 0 Å². The zero-order valence-electron chi connectivity index (χ0n) is 6.82. The van der Waals surface area contributed by atoms with E-state index in [2.05, 4.69) is 0 Å². The van der Waals surface area contributed by atoms with Gasteiger partial charge in [-0.05, 0) is 27.7 Å². The first kappa shape index (κ1) is 7.86. The van der Waals surface area contributed by atoms with Crippen LogP contribution in [0.4, 0.5) is 0 Å². The molecule has 1 aliphatic rings. The summed E-state index contributed by atoms with van der Waals surface area (Å²) in [6, 6.07) is 0. The Hall–Kier alpha value is -0.240. The van der Waals surface area contributed by atoms with Gasteiger partial charge in [0.05, 0.1) is 10.8 Å². The lowest BCUT2D eigenvalue weighted by Gasteiger charge is -2.47. The lowest BCUT2D eigenvalue weighted by Crippen LogP contribution is -2.60. The van der Waals surface area contributed by atoms with E-state index in [9.17, 15) is 4.79 Å². The average Bonchev–Trinajstić information content (AvgIpc) is 1.84. The van der Waals surface area contributed by atoms with Crippen molar-refractivity contribution in [3.8, 4) is 0 Å². The normalized spacial score (nSPS) is 28.0. The van der Waals surface area contributed by atoms with Gasteiger partial charge in [0, 0.05) is 4.86 Å². The molecule has 56 valence electrons. The molecule has 0 bridgehead atoms. The molecule has 1 aliphatic carbocycles. The van der Waals surface area contributed by atoms with E-state index in [1.807, 2.05) is 27.7 Å². The van der Waals surface area contributed by atoms with Crippen molar-refractivity contribution in [2.45, 2.75) is 27.7 Å². The number of carbonyl (C=O) groups excluding carboxylic acids is 1. The van der Waals surface area contributed by atoms with Crippen LogP contribution in [0.2, 0.25) is 0 Å². The Balaban J connectivity index is 3.00. The second-order valence-corrected chi connectivity index (χ2v) is 4.32. The Morgan fingerprint density at radius 1 is 1.10 bits per heavy atom. The van der Waals surface area contributed by atoms with E-state index < -0.39 is 0 Å². The summed E-state index contributed by atoms with van der Waals surface area (Å²) in [5.41, 5.74) is -0.669. The van der Waals surface area contributed by atoms with E-state index in [1.54, 1.807) is 0 Å². The third-order valence-corrected chi connectivity index (χ3v) is 3.29. The molecule has 0 atom stereocenters. The van der Waals surface area contributed by atoms with Gasteiger partial charge in [-0.1, -0.05) is 12.2 Å². The van der Waals surface area contributed by atoms with Crippen molar-refractivity contribution in [1.82, 2.24) is 0 Å². The first-order chi connectivity index (χ1) is 4.31. The SMILES string of the molecule is CC1(C)C(=O)C(C)(C)C1=S. The van der Waals surface area contributed by atoms with Crippen molar-refractivity contribution >= 4 is 22.9 Å². The summed E-state index contributed by atoms with van der Waals surface area (Å²) in [4.78, 5) is 12.2. The standard InChI is InChI=1S/C8H12OS/c1-7(2)5(9)8(3,4)6(7)10/h1-4H3. The third-order valence-electron chi connectivity index (χ3n) is 2.27. The van der Waals surface area contributed by atoms with Crippen molar-refractivity contribution in [3.63, 3.8) is 0 Å². The molecule has 0 unspecified atom stereocenters. The summed E-state index contributed by atoms with van der Waals surface area (Å²) in [5.74, 6) is 0.269. The number of rotatable bonds is 0. The molecule has 0 radical (unpaired) electrons. The summed E-state index contributed by atoms with van der Waals surface area (Å²) in [6.45, 7) is 7.57. The van der Waals surface area contributed by atoms with Crippen molar-refractivity contribution in [2.75, 3.05) is 0 Å². The van der Waals surface area contributed by atoms with Crippen LogP contribution in [0.1, 0.15) is 27.7 Å². The van der Waals surface area contributed by atoms with Crippen LogP contribution in [0, 0.1) is 10.8 Å². The highest BCUT2D eigenvalue weighted by Crippen LogP contribution is 2.47. The molecule has 0 aromatic rings. The fraction of sp³-hybridized carbons (Fsp3) is 0.750. The molecule has 0 heterocycles. The van der Waals surface area contributed by atoms with E-state index in [0.717, 1.165) is 4.86 Å². The van der Waals surface area contributed by atoms with Crippen LogP contribution in [-0.2, 0) is 4.79 Å². The summed E-state index contributed by atoms with van der Waals surface area (Å²) >= 11 is 5.11. The van der Waals surface area contributed by atoms with Crippen LogP contribution in [0.3, 0.4) is 0 Å². The van der Waals surface area contributed by atoms with E-state index in [1.165, 1.54) is 0 Å². The molecular formula is C8H12OS. The van der Waals surface area contributed by atoms with Gasteiger partial charge in [-0.15, -0.1) is 0 Å². The van der Waals surface area contributed by atoms with Crippen LogP contribution in [0.5, 0.6) is 0 Å². The highest BCUT2D eigenvalue weighted by Gasteiger charge is 2.57. The number of ketones is 1. The van der Waals surface area contributed by atoms with Gasteiger partial charge in [-0.2, -0.15) is 0 Å². The van der Waals surface area contributed by atoms with Crippen LogP contribution in [0.15, 0.2) is 0 Å². The van der Waals surface area contributed by atoms with E-state index >= 15 is 0 Å². The van der Waals surface area contributed by atoms with Gasteiger partial charge < -0.3 is 0 Å². The highest BCUT2D eigenvalue weighted by molar-refractivity contribution is 7.81. The van der Waals surface area contributed by atoms with Crippen LogP contribution in [0.25, 0.3) is 0 Å². The summed E-state index contributed by atoms with van der Waals surface area (Å²) in [6.07, 6.45) is 0. The van der Waals surface area contributed by atoms with Gasteiger partial charge in [0.2, 0.25) is 0 Å². The smallest absolute Gasteiger partial charge is 0.153 e. The summed E-state index contributed by atoms with van der Waals surface area (Å²) in [5, 5.41) is 0. The summed E-state index contributed by atoms with van der Waals surface area (Å²) in [7, 11) is 0. The van der Waals surface area contributed by atoms with Crippen molar-refractivity contribution < 1.29 is 4.79 Å². The molecule has 0 N–H and O–H groups in total. The predicted octanol–water partition coefficient (Wildman–Crippen LogP) is 1.99. The van der Waals surface area contributed by atoms with Gasteiger partial charge in [0.25, 0.3) is 0 Å². The Kier molecular flexibility index (Phi) is 1.31. The van der Waals surface area contributed by atoms with Gasteiger partial charge in [-0.25, -0.2) is 0 Å². The van der Waals surface area contributed by atoms with Crippen LogP contribution in [-0.4, -0.2) is 10.6 Å².